The summed E-state index contributed by atoms with van der Waals surface area (Å²) in [5, 5.41) is 0. The smallest absolute Gasteiger partial charge is 0.338 e. The van der Waals surface area contributed by atoms with Crippen LogP contribution in [0.25, 0.3) is 0 Å². The molecule has 37 heavy (non-hydrogen) atoms. The Kier molecular flexibility index (Phi) is 7.54. The maximum absolute atomic E-state index is 13.1. The van der Waals surface area contributed by atoms with Crippen molar-refractivity contribution >= 4 is 11.8 Å². The number of ether oxygens (including phenoxy) is 4. The Morgan fingerprint density at radius 2 is 1.62 bits per heavy atom. The fourth-order valence-electron chi connectivity index (χ4n) is 4.96. The molecule has 1 heterocycles. The number of ketones is 1. The molecule has 1 fully saturated rings. The third-order valence-corrected chi connectivity index (χ3v) is 7.00. The molecule has 190 valence electrons. The largest absolute Gasteiger partial charge is 0.497 e. The summed E-state index contributed by atoms with van der Waals surface area (Å²) in [7, 11) is 1.59. The maximum atomic E-state index is 13.1. The van der Waals surface area contributed by atoms with E-state index in [1.54, 1.807) is 31.4 Å². The summed E-state index contributed by atoms with van der Waals surface area (Å²) in [6.07, 6.45) is 3.99. The van der Waals surface area contributed by atoms with Gasteiger partial charge in [0.15, 0.2) is 0 Å². The third kappa shape index (κ3) is 5.85. The quantitative estimate of drug-likeness (QED) is 0.372. The van der Waals surface area contributed by atoms with Crippen LogP contribution >= 0.6 is 0 Å². The van der Waals surface area contributed by atoms with E-state index < -0.39 is 0 Å². The van der Waals surface area contributed by atoms with Crippen LogP contribution in [0.2, 0.25) is 0 Å². The molecule has 3 aromatic rings. The van der Waals surface area contributed by atoms with Crippen LogP contribution in [0, 0.1) is 5.92 Å². The van der Waals surface area contributed by atoms with Gasteiger partial charge in [0.1, 0.15) is 30.0 Å². The Balaban J connectivity index is 1.19. The lowest BCUT2D eigenvalue weighted by molar-refractivity contribution is -0.132. The van der Waals surface area contributed by atoms with Crippen molar-refractivity contribution in [3.63, 3.8) is 0 Å². The summed E-state index contributed by atoms with van der Waals surface area (Å²) in [4.78, 5) is 26.2. The molecule has 3 atom stereocenters. The molecule has 1 saturated carbocycles. The number of carbonyl (C=O) groups is 2. The molecule has 3 unspecified atom stereocenters. The van der Waals surface area contributed by atoms with Crippen LogP contribution in [0.15, 0.2) is 90.9 Å². The lowest BCUT2D eigenvalue weighted by Crippen LogP contribution is -2.43. The number of aryl methyl sites for hydroxylation is 2. The SMILES string of the molecule is COc1ccc(OC2=COC3CC(OC(=O)c4ccccc4CCc4ccccc4)CCC3C2=O)cc1. The lowest BCUT2D eigenvalue weighted by atomic mass is 9.80. The number of benzene rings is 3. The zero-order chi connectivity index (χ0) is 25.6. The summed E-state index contributed by atoms with van der Waals surface area (Å²) in [5.74, 6) is 0.715. The van der Waals surface area contributed by atoms with E-state index in [2.05, 4.69) is 12.1 Å². The second-order valence-electron chi connectivity index (χ2n) is 9.39. The van der Waals surface area contributed by atoms with E-state index in [4.69, 9.17) is 18.9 Å². The average molecular weight is 499 g/mol. The molecule has 6 nitrogen and oxygen atoms in total. The lowest BCUT2D eigenvalue weighted by Gasteiger charge is -2.36. The minimum absolute atomic E-state index is 0.0805. The van der Waals surface area contributed by atoms with E-state index in [0.717, 1.165) is 18.4 Å². The number of Topliss-reactive ketones (excluding diaryl/α,β-unsaturated/α-hetero) is 1. The predicted octanol–water partition coefficient (Wildman–Crippen LogP) is 5.69. The molecule has 2 aliphatic rings. The van der Waals surface area contributed by atoms with E-state index in [1.807, 2.05) is 42.5 Å². The van der Waals surface area contributed by atoms with E-state index in [1.165, 1.54) is 11.8 Å². The molecule has 0 amide bonds. The van der Waals surface area contributed by atoms with Gasteiger partial charge in [0, 0.05) is 6.42 Å². The summed E-state index contributed by atoms with van der Waals surface area (Å²) in [5.41, 5.74) is 2.79. The first kappa shape index (κ1) is 24.6. The van der Waals surface area contributed by atoms with Gasteiger partial charge in [-0.1, -0.05) is 48.5 Å². The van der Waals surface area contributed by atoms with Gasteiger partial charge in [0.05, 0.1) is 18.6 Å². The Labute approximate surface area is 216 Å². The molecule has 0 bridgehead atoms. The zero-order valence-corrected chi connectivity index (χ0v) is 20.8. The highest BCUT2D eigenvalue weighted by atomic mass is 16.6. The second kappa shape index (κ2) is 11.3. The molecule has 0 spiro atoms. The first-order valence-electron chi connectivity index (χ1n) is 12.7. The van der Waals surface area contributed by atoms with Crippen molar-refractivity contribution in [3.05, 3.63) is 108 Å². The minimum Gasteiger partial charge on any atom is -0.497 e. The molecular formula is C31H30O6. The monoisotopic (exact) mass is 498 g/mol. The fourth-order valence-corrected chi connectivity index (χ4v) is 4.96. The first-order valence-corrected chi connectivity index (χ1v) is 12.7. The molecule has 0 radical (unpaired) electrons. The highest BCUT2D eigenvalue weighted by molar-refractivity contribution is 5.96. The summed E-state index contributed by atoms with van der Waals surface area (Å²) >= 11 is 0. The molecule has 3 aromatic carbocycles. The molecule has 1 aliphatic carbocycles. The van der Waals surface area contributed by atoms with Crippen molar-refractivity contribution in [1.82, 2.24) is 0 Å². The number of methoxy groups -OCH3 is 1. The molecule has 0 N–H and O–H groups in total. The van der Waals surface area contributed by atoms with Gasteiger partial charge in [-0.3, -0.25) is 4.79 Å². The van der Waals surface area contributed by atoms with Gasteiger partial charge in [-0.05, 0) is 67.1 Å². The Morgan fingerprint density at radius 1 is 0.892 bits per heavy atom. The van der Waals surface area contributed by atoms with Gasteiger partial charge in [0.25, 0.3) is 0 Å². The topological polar surface area (TPSA) is 71.1 Å². The van der Waals surface area contributed by atoms with Crippen molar-refractivity contribution in [2.45, 2.75) is 44.3 Å². The number of hydrogen-bond donors (Lipinski definition) is 0. The molecule has 1 aliphatic heterocycles. The number of fused-ring (bicyclic) bond motifs is 1. The number of rotatable bonds is 8. The van der Waals surface area contributed by atoms with Crippen LogP contribution < -0.4 is 9.47 Å². The van der Waals surface area contributed by atoms with Crippen LogP contribution in [-0.2, 0) is 27.1 Å². The van der Waals surface area contributed by atoms with Gasteiger partial charge in [-0.15, -0.1) is 0 Å². The van der Waals surface area contributed by atoms with E-state index in [-0.39, 0.29) is 35.6 Å². The number of hydrogen-bond acceptors (Lipinski definition) is 6. The Morgan fingerprint density at radius 3 is 2.41 bits per heavy atom. The highest BCUT2D eigenvalue weighted by Crippen LogP contribution is 2.35. The van der Waals surface area contributed by atoms with Crippen molar-refractivity contribution < 1.29 is 28.5 Å². The van der Waals surface area contributed by atoms with E-state index in [9.17, 15) is 9.59 Å². The Bertz CT molecular complexity index is 1260. The predicted molar refractivity (Wildman–Crippen MR) is 138 cm³/mol. The molecule has 0 saturated heterocycles. The van der Waals surface area contributed by atoms with E-state index >= 15 is 0 Å². The normalized spacial score (nSPS) is 20.7. The fraction of sp³-hybridized carbons (Fsp3) is 0.290. The standard InChI is InChI=1S/C31H30O6/c1-34-23-13-15-24(16-14-23)36-29-20-35-28-19-25(17-18-27(28)30(29)32)37-31(33)26-10-6-5-9-22(26)12-11-21-7-3-2-4-8-21/h2-10,13-16,20,25,27-28H,11-12,17-19H2,1H3. The maximum Gasteiger partial charge on any atom is 0.338 e. The van der Waals surface area contributed by atoms with Gasteiger partial charge in [0.2, 0.25) is 11.5 Å². The first-order chi connectivity index (χ1) is 18.1. The number of allylic oxidation sites excluding steroid dienone is 1. The van der Waals surface area contributed by atoms with E-state index in [0.29, 0.717) is 36.3 Å². The Hall–Kier alpha value is -4.06. The number of esters is 1. The van der Waals surface area contributed by atoms with Crippen molar-refractivity contribution in [3.8, 4) is 11.5 Å². The van der Waals surface area contributed by atoms with Crippen molar-refractivity contribution in [1.29, 1.82) is 0 Å². The summed E-state index contributed by atoms with van der Waals surface area (Å²) < 4.78 is 22.7. The minimum atomic E-state index is -0.337. The molecule has 6 heteroatoms. The van der Waals surface area contributed by atoms with Crippen LogP contribution in [0.3, 0.4) is 0 Å². The second-order valence-corrected chi connectivity index (χ2v) is 9.39. The van der Waals surface area contributed by atoms with Crippen LogP contribution in [0.5, 0.6) is 11.5 Å². The summed E-state index contributed by atoms with van der Waals surface area (Å²) in [6.45, 7) is 0. The van der Waals surface area contributed by atoms with Gasteiger partial charge in [-0.2, -0.15) is 0 Å². The van der Waals surface area contributed by atoms with Crippen LogP contribution in [0.1, 0.15) is 40.7 Å². The zero-order valence-electron chi connectivity index (χ0n) is 20.8. The van der Waals surface area contributed by atoms with Crippen LogP contribution in [0.4, 0.5) is 0 Å². The van der Waals surface area contributed by atoms with Gasteiger partial charge < -0.3 is 18.9 Å². The van der Waals surface area contributed by atoms with Gasteiger partial charge >= 0.3 is 5.97 Å². The molecule has 0 aromatic heterocycles. The molecular weight excluding hydrogens is 468 g/mol. The highest BCUT2D eigenvalue weighted by Gasteiger charge is 2.42. The van der Waals surface area contributed by atoms with Crippen LogP contribution in [-0.4, -0.2) is 31.1 Å². The number of carbonyl (C=O) groups excluding carboxylic acids is 2. The van der Waals surface area contributed by atoms with Gasteiger partial charge in [-0.25, -0.2) is 4.79 Å². The van der Waals surface area contributed by atoms with Crippen molar-refractivity contribution in [2.75, 3.05) is 7.11 Å². The third-order valence-electron chi connectivity index (χ3n) is 7.00. The average Bonchev–Trinajstić information content (AvgIpc) is 2.94. The molecule has 5 rings (SSSR count). The van der Waals surface area contributed by atoms with Crippen molar-refractivity contribution in [2.24, 2.45) is 5.92 Å². The summed E-state index contributed by atoms with van der Waals surface area (Å²) in [6, 6.07) is 24.9.